The lowest BCUT2D eigenvalue weighted by Crippen LogP contribution is -2.20. The molecule has 0 bridgehead atoms. The Kier molecular flexibility index (Phi) is 6.09. The number of likely N-dealkylation sites (tertiary alicyclic amines) is 1. The molecule has 8 nitrogen and oxygen atoms in total. The number of nitrogens with zero attached hydrogens (tertiary/aromatic N) is 6. The smallest absolute Gasteiger partial charge is 0.199 e. The fourth-order valence-electron chi connectivity index (χ4n) is 4.95. The van der Waals surface area contributed by atoms with E-state index in [0.29, 0.717) is 30.3 Å². The lowest BCUT2D eigenvalue weighted by Gasteiger charge is -2.16. The third-order valence-corrected chi connectivity index (χ3v) is 6.81. The van der Waals surface area contributed by atoms with Gasteiger partial charge in [-0.2, -0.15) is 5.10 Å². The quantitative estimate of drug-likeness (QED) is 0.378. The number of hydrogen-bond acceptors (Lipinski definition) is 7. The highest BCUT2D eigenvalue weighted by molar-refractivity contribution is 6.11. The Balaban J connectivity index is 1.08. The molecule has 8 heteroatoms. The zero-order valence-electron chi connectivity index (χ0n) is 19.9. The number of rotatable bonds is 8. The number of benzene rings is 2. The number of allylic oxidation sites excluding steroid dienone is 1. The Morgan fingerprint density at radius 3 is 2.72 bits per heavy atom. The third kappa shape index (κ3) is 4.67. The molecule has 2 aromatic heterocycles. The van der Waals surface area contributed by atoms with E-state index in [1.165, 1.54) is 11.9 Å². The zero-order valence-corrected chi connectivity index (χ0v) is 19.9. The van der Waals surface area contributed by atoms with Crippen LogP contribution in [0.3, 0.4) is 0 Å². The molecule has 2 aliphatic heterocycles. The molecule has 1 unspecified atom stereocenters. The van der Waals surface area contributed by atoms with Crippen molar-refractivity contribution in [3.63, 3.8) is 0 Å². The molecule has 1 atom stereocenters. The Bertz CT molecular complexity index is 1440. The largest absolute Gasteiger partial charge is 0.337 e. The molecule has 6 rings (SSSR count). The highest BCUT2D eigenvalue weighted by Gasteiger charge is 2.25. The molecule has 4 heterocycles. The molecule has 4 aromatic rings. The summed E-state index contributed by atoms with van der Waals surface area (Å²) in [6, 6.07) is 18.1. The fraction of sp³-hybridized carbons (Fsp3) is 0.250. The SMILES string of the molecule is O=C(CC1CCN(Cc2ccccc2)C1)c1ccc(Nc2ncc(C3=CCN=C3)n3ncnc23)cc1. The van der Waals surface area contributed by atoms with Crippen molar-refractivity contribution in [3.05, 3.63) is 90.0 Å². The lowest BCUT2D eigenvalue weighted by molar-refractivity contribution is 0.0962. The maximum Gasteiger partial charge on any atom is 0.199 e. The Labute approximate surface area is 209 Å². The van der Waals surface area contributed by atoms with Gasteiger partial charge in [-0.05, 0) is 48.7 Å². The topological polar surface area (TPSA) is 87.8 Å². The van der Waals surface area contributed by atoms with Crippen LogP contribution in [0.25, 0.3) is 11.2 Å². The second kappa shape index (κ2) is 9.83. The van der Waals surface area contributed by atoms with Crippen molar-refractivity contribution in [3.8, 4) is 0 Å². The summed E-state index contributed by atoms with van der Waals surface area (Å²) in [5.41, 5.74) is 5.38. The van der Waals surface area contributed by atoms with Crippen molar-refractivity contribution in [1.29, 1.82) is 0 Å². The van der Waals surface area contributed by atoms with Crippen LogP contribution in [-0.4, -0.2) is 56.1 Å². The lowest BCUT2D eigenvalue weighted by atomic mass is 9.97. The average Bonchev–Trinajstić information content (AvgIpc) is 3.68. The first-order chi connectivity index (χ1) is 17.7. The van der Waals surface area contributed by atoms with Gasteiger partial charge in [-0.1, -0.05) is 36.4 Å². The summed E-state index contributed by atoms with van der Waals surface area (Å²) in [6.45, 7) is 3.64. The van der Waals surface area contributed by atoms with Crippen LogP contribution in [-0.2, 0) is 6.54 Å². The molecule has 180 valence electrons. The van der Waals surface area contributed by atoms with Crippen molar-refractivity contribution < 1.29 is 4.79 Å². The summed E-state index contributed by atoms with van der Waals surface area (Å²) in [6.07, 6.45) is 8.80. The van der Waals surface area contributed by atoms with Crippen LogP contribution in [0.5, 0.6) is 0 Å². The van der Waals surface area contributed by atoms with Crippen LogP contribution in [0.15, 0.2) is 78.2 Å². The highest BCUT2D eigenvalue weighted by Crippen LogP contribution is 2.25. The molecule has 0 radical (unpaired) electrons. The normalized spacial score (nSPS) is 17.6. The first-order valence-corrected chi connectivity index (χ1v) is 12.3. The van der Waals surface area contributed by atoms with Crippen molar-refractivity contribution in [2.24, 2.45) is 10.9 Å². The van der Waals surface area contributed by atoms with Crippen LogP contribution in [0, 0.1) is 5.92 Å². The number of ketones is 1. The average molecular weight is 478 g/mol. The first-order valence-electron chi connectivity index (χ1n) is 12.3. The fourth-order valence-corrected chi connectivity index (χ4v) is 4.95. The molecule has 0 saturated carbocycles. The zero-order chi connectivity index (χ0) is 24.3. The molecule has 2 aromatic carbocycles. The van der Waals surface area contributed by atoms with Crippen LogP contribution in [0.4, 0.5) is 11.5 Å². The van der Waals surface area contributed by atoms with Gasteiger partial charge in [-0.25, -0.2) is 14.5 Å². The van der Waals surface area contributed by atoms with Gasteiger partial charge < -0.3 is 5.32 Å². The summed E-state index contributed by atoms with van der Waals surface area (Å²) in [7, 11) is 0. The maximum absolute atomic E-state index is 12.9. The van der Waals surface area contributed by atoms with Gasteiger partial charge in [0.1, 0.15) is 6.33 Å². The Morgan fingerprint density at radius 2 is 1.92 bits per heavy atom. The van der Waals surface area contributed by atoms with E-state index in [1.807, 2.05) is 42.6 Å². The standard InChI is InChI=1S/C28H27N7O/c36-26(14-21-11-13-34(18-21)17-20-4-2-1-3-5-20)22-6-8-24(9-7-22)33-27-28-31-19-32-35(28)25(16-30-27)23-10-12-29-15-23/h1-10,15-16,19,21H,11-14,17-18H2,(H,30,33). The molecule has 0 aliphatic carbocycles. The van der Waals surface area contributed by atoms with Crippen LogP contribution >= 0.6 is 0 Å². The van der Waals surface area contributed by atoms with Gasteiger partial charge in [-0.15, -0.1) is 0 Å². The molecule has 0 spiro atoms. The second-order valence-corrected chi connectivity index (χ2v) is 9.35. The highest BCUT2D eigenvalue weighted by atomic mass is 16.1. The van der Waals surface area contributed by atoms with Gasteiger partial charge in [0.2, 0.25) is 0 Å². The van der Waals surface area contributed by atoms with E-state index in [9.17, 15) is 4.79 Å². The van der Waals surface area contributed by atoms with E-state index >= 15 is 0 Å². The van der Waals surface area contributed by atoms with E-state index in [0.717, 1.165) is 48.6 Å². The molecular formula is C28H27N7O. The number of aromatic nitrogens is 4. The molecule has 2 aliphatic rings. The second-order valence-electron chi connectivity index (χ2n) is 9.35. The summed E-state index contributed by atoms with van der Waals surface area (Å²) in [4.78, 5) is 28.6. The van der Waals surface area contributed by atoms with Crippen molar-refractivity contribution in [2.45, 2.75) is 19.4 Å². The van der Waals surface area contributed by atoms with Gasteiger partial charge in [-0.3, -0.25) is 14.7 Å². The molecule has 1 N–H and O–H groups in total. The predicted octanol–water partition coefficient (Wildman–Crippen LogP) is 4.43. The van der Waals surface area contributed by atoms with E-state index in [-0.39, 0.29) is 5.78 Å². The predicted molar refractivity (Wildman–Crippen MR) is 141 cm³/mol. The summed E-state index contributed by atoms with van der Waals surface area (Å²) < 4.78 is 1.76. The monoisotopic (exact) mass is 477 g/mol. The minimum absolute atomic E-state index is 0.196. The van der Waals surface area contributed by atoms with Gasteiger partial charge in [0.15, 0.2) is 17.2 Å². The molecule has 1 saturated heterocycles. The number of Topliss-reactive ketones (excluding diaryl/α,β-unsaturated/α-hetero) is 1. The summed E-state index contributed by atoms with van der Waals surface area (Å²) >= 11 is 0. The number of anilines is 2. The number of aliphatic imine (C=N–C) groups is 1. The summed E-state index contributed by atoms with van der Waals surface area (Å²) in [5, 5.41) is 7.67. The van der Waals surface area contributed by atoms with Crippen LogP contribution < -0.4 is 5.32 Å². The Morgan fingerprint density at radius 1 is 1.06 bits per heavy atom. The molecular weight excluding hydrogens is 450 g/mol. The van der Waals surface area contributed by atoms with E-state index in [1.54, 1.807) is 10.7 Å². The van der Waals surface area contributed by atoms with Gasteiger partial charge in [0.25, 0.3) is 0 Å². The number of hydrogen-bond donors (Lipinski definition) is 1. The van der Waals surface area contributed by atoms with Gasteiger partial charge >= 0.3 is 0 Å². The minimum Gasteiger partial charge on any atom is -0.337 e. The van der Waals surface area contributed by atoms with Crippen molar-refractivity contribution in [2.75, 3.05) is 25.0 Å². The first kappa shape index (κ1) is 22.3. The van der Waals surface area contributed by atoms with Crippen molar-refractivity contribution in [1.82, 2.24) is 24.5 Å². The van der Waals surface area contributed by atoms with E-state index < -0.39 is 0 Å². The minimum atomic E-state index is 0.196. The molecule has 36 heavy (non-hydrogen) atoms. The molecule has 1 fully saturated rings. The third-order valence-electron chi connectivity index (χ3n) is 6.81. The molecule has 0 amide bonds. The number of carbonyl (C=O) groups is 1. The van der Waals surface area contributed by atoms with Gasteiger partial charge in [0.05, 0.1) is 18.4 Å². The van der Waals surface area contributed by atoms with Crippen LogP contribution in [0.2, 0.25) is 0 Å². The number of nitrogens with one attached hydrogen (secondary N) is 1. The number of carbonyl (C=O) groups excluding carboxylic acids is 1. The summed E-state index contributed by atoms with van der Waals surface area (Å²) in [5.74, 6) is 1.21. The van der Waals surface area contributed by atoms with E-state index in [4.69, 9.17) is 0 Å². The van der Waals surface area contributed by atoms with Crippen molar-refractivity contribution >= 4 is 34.7 Å². The van der Waals surface area contributed by atoms with Crippen LogP contribution in [0.1, 0.15) is 34.5 Å². The number of fused-ring (bicyclic) bond motifs is 1. The maximum atomic E-state index is 12.9. The van der Waals surface area contributed by atoms with Gasteiger partial charge in [0, 0.05) is 42.5 Å². The van der Waals surface area contributed by atoms with E-state index in [2.05, 4.69) is 54.5 Å². The Hall–Kier alpha value is -4.17.